The molecule has 136 valence electrons. The predicted molar refractivity (Wildman–Crippen MR) is 68.6 cm³/mol. The molecule has 0 aromatic carbocycles. The molecule has 0 radical (unpaired) electrons. The van der Waals surface area contributed by atoms with Crippen molar-refractivity contribution in [1.29, 1.82) is 0 Å². The number of ether oxygens (including phenoxy) is 3. The van der Waals surface area contributed by atoms with Crippen LogP contribution in [0.15, 0.2) is 0 Å². The van der Waals surface area contributed by atoms with E-state index >= 15 is 0 Å². The van der Waals surface area contributed by atoms with Crippen LogP contribution >= 0.6 is 0 Å². The largest absolute Gasteiger partial charge is 0.394 e. The van der Waals surface area contributed by atoms with Crippen molar-refractivity contribution in [2.24, 2.45) is 0 Å². The molecule has 2 heterocycles. The first-order chi connectivity index (χ1) is 10.8. The Labute approximate surface area is 130 Å². The zero-order valence-corrected chi connectivity index (χ0v) is 12.0. The van der Waals surface area contributed by atoms with Gasteiger partial charge in [-0.2, -0.15) is 0 Å². The zero-order valence-electron chi connectivity index (χ0n) is 12.0. The first kappa shape index (κ1) is 18.9. The van der Waals surface area contributed by atoms with Crippen molar-refractivity contribution < 1.29 is 55.1 Å². The first-order valence-corrected chi connectivity index (χ1v) is 7.08. The Hall–Kier alpha value is -0.440. The molecule has 0 saturated carbocycles. The van der Waals surface area contributed by atoms with Gasteiger partial charge >= 0.3 is 0 Å². The van der Waals surface area contributed by atoms with Crippen LogP contribution in [0.4, 0.5) is 0 Å². The summed E-state index contributed by atoms with van der Waals surface area (Å²) in [5.41, 5.74) is 0. The van der Waals surface area contributed by atoms with Gasteiger partial charge in [-0.25, -0.2) is 0 Å². The van der Waals surface area contributed by atoms with E-state index in [1.165, 1.54) is 0 Å². The maximum Gasteiger partial charge on any atom is 0.187 e. The van der Waals surface area contributed by atoms with Gasteiger partial charge in [0.05, 0.1) is 13.2 Å². The van der Waals surface area contributed by atoms with Crippen LogP contribution in [-0.2, 0) is 14.2 Å². The van der Waals surface area contributed by atoms with Crippen molar-refractivity contribution in [2.75, 3.05) is 13.2 Å². The maximum atomic E-state index is 10.00. The smallest absolute Gasteiger partial charge is 0.187 e. The molecule has 1 unspecified atom stereocenters. The molecule has 2 aliphatic rings. The number of rotatable bonds is 4. The van der Waals surface area contributed by atoms with Gasteiger partial charge < -0.3 is 55.1 Å². The van der Waals surface area contributed by atoms with Crippen LogP contribution in [0.5, 0.6) is 0 Å². The van der Waals surface area contributed by atoms with Crippen LogP contribution in [0.3, 0.4) is 0 Å². The van der Waals surface area contributed by atoms with Gasteiger partial charge in [0.1, 0.15) is 48.8 Å². The van der Waals surface area contributed by atoms with Gasteiger partial charge in [-0.05, 0) is 0 Å². The summed E-state index contributed by atoms with van der Waals surface area (Å²) in [6.45, 7) is -1.34. The summed E-state index contributed by atoms with van der Waals surface area (Å²) in [6.07, 6.45) is -15.7. The van der Waals surface area contributed by atoms with Gasteiger partial charge in [0.25, 0.3) is 0 Å². The molecule has 0 aromatic heterocycles. The maximum absolute atomic E-state index is 10.00. The van der Waals surface area contributed by atoms with Gasteiger partial charge in [-0.1, -0.05) is 0 Å². The van der Waals surface area contributed by atoms with E-state index in [4.69, 9.17) is 24.4 Å². The fourth-order valence-electron chi connectivity index (χ4n) is 2.56. The molecule has 0 amide bonds. The zero-order chi connectivity index (χ0) is 17.3. The highest BCUT2D eigenvalue weighted by Crippen LogP contribution is 2.28. The van der Waals surface area contributed by atoms with Gasteiger partial charge in [0.15, 0.2) is 12.6 Å². The summed E-state index contributed by atoms with van der Waals surface area (Å²) >= 11 is 0. The third-order valence-electron chi connectivity index (χ3n) is 3.98. The molecular formula is C12H22O11. The van der Waals surface area contributed by atoms with Gasteiger partial charge in [-0.3, -0.25) is 0 Å². The Morgan fingerprint density at radius 3 is 1.78 bits per heavy atom. The minimum atomic E-state index is -1.76. The summed E-state index contributed by atoms with van der Waals surface area (Å²) in [5, 5.41) is 76.8. The summed E-state index contributed by atoms with van der Waals surface area (Å²) in [4.78, 5) is 0. The average Bonchev–Trinajstić information content (AvgIpc) is 2.54. The molecule has 2 fully saturated rings. The lowest BCUT2D eigenvalue weighted by Gasteiger charge is -2.45. The molecule has 11 nitrogen and oxygen atoms in total. The summed E-state index contributed by atoms with van der Waals surface area (Å²) < 4.78 is 15.1. The van der Waals surface area contributed by atoms with E-state index < -0.39 is 74.6 Å². The predicted octanol–water partition coefficient (Wildman–Crippen LogP) is -5.40. The molecule has 11 heteroatoms. The highest BCUT2D eigenvalue weighted by Gasteiger charge is 2.50. The molecule has 8 N–H and O–H groups in total. The van der Waals surface area contributed by atoms with Crippen molar-refractivity contribution in [1.82, 2.24) is 0 Å². The van der Waals surface area contributed by atoms with Crippen molar-refractivity contribution in [3.63, 3.8) is 0 Å². The first-order valence-electron chi connectivity index (χ1n) is 7.08. The highest BCUT2D eigenvalue weighted by atomic mass is 16.7. The lowest BCUT2D eigenvalue weighted by molar-refractivity contribution is -0.355. The molecule has 2 rings (SSSR count). The third kappa shape index (κ3) is 3.65. The average molecular weight is 342 g/mol. The van der Waals surface area contributed by atoms with E-state index in [1.807, 2.05) is 0 Å². The monoisotopic (exact) mass is 342 g/mol. The van der Waals surface area contributed by atoms with Crippen molar-refractivity contribution in [3.8, 4) is 0 Å². The van der Waals surface area contributed by atoms with E-state index in [0.717, 1.165) is 0 Å². The lowest BCUT2D eigenvalue weighted by Crippen LogP contribution is -2.64. The SMILES string of the molecule is OC[C@H]1OC(O)[C@H](O)[C@@H](O[C@H]2O[C@H](CO)[C@@H](O)[C@H](O)[C@H]2O)[C@H]1O. The Bertz CT molecular complexity index is 380. The van der Waals surface area contributed by atoms with Crippen LogP contribution in [-0.4, -0.2) is 115 Å². The number of hydrogen-bond acceptors (Lipinski definition) is 11. The summed E-state index contributed by atoms with van der Waals surface area (Å²) in [7, 11) is 0. The summed E-state index contributed by atoms with van der Waals surface area (Å²) in [5.74, 6) is 0. The van der Waals surface area contributed by atoms with Crippen molar-refractivity contribution in [3.05, 3.63) is 0 Å². The van der Waals surface area contributed by atoms with Gasteiger partial charge in [0.2, 0.25) is 0 Å². The number of aliphatic hydroxyl groups excluding tert-OH is 8. The Morgan fingerprint density at radius 1 is 0.652 bits per heavy atom. The van der Waals surface area contributed by atoms with Gasteiger partial charge in [0, 0.05) is 0 Å². The second-order valence-corrected chi connectivity index (χ2v) is 5.53. The molecule has 2 saturated heterocycles. The molecule has 0 aliphatic carbocycles. The quantitative estimate of drug-likeness (QED) is 0.243. The molecule has 0 aromatic rings. The fraction of sp³-hybridized carbons (Fsp3) is 1.00. The van der Waals surface area contributed by atoms with E-state index in [2.05, 4.69) is 0 Å². The third-order valence-corrected chi connectivity index (χ3v) is 3.98. The van der Waals surface area contributed by atoms with Crippen LogP contribution in [0.25, 0.3) is 0 Å². The fourth-order valence-corrected chi connectivity index (χ4v) is 2.56. The van der Waals surface area contributed by atoms with Crippen LogP contribution in [0.2, 0.25) is 0 Å². The normalized spacial score (nSPS) is 51.7. The van der Waals surface area contributed by atoms with Crippen LogP contribution in [0.1, 0.15) is 0 Å². The van der Waals surface area contributed by atoms with E-state index in [-0.39, 0.29) is 0 Å². The Kier molecular flexibility index (Phi) is 6.27. The molecule has 2 aliphatic heterocycles. The van der Waals surface area contributed by atoms with Crippen molar-refractivity contribution in [2.45, 2.75) is 61.4 Å². The number of aliphatic hydroxyl groups is 8. The lowest BCUT2D eigenvalue weighted by atomic mass is 9.97. The summed E-state index contributed by atoms with van der Waals surface area (Å²) in [6, 6.07) is 0. The van der Waals surface area contributed by atoms with E-state index in [1.54, 1.807) is 0 Å². The molecule has 0 spiro atoms. The van der Waals surface area contributed by atoms with Crippen molar-refractivity contribution >= 4 is 0 Å². The second-order valence-electron chi connectivity index (χ2n) is 5.53. The van der Waals surface area contributed by atoms with E-state index in [9.17, 15) is 30.6 Å². The molecular weight excluding hydrogens is 320 g/mol. The Balaban J connectivity index is 2.11. The standard InChI is InChI=1S/C12H22O11/c13-1-3-5(15)7(17)8(18)12(22-3)23-10-6(16)4(2-14)21-11(20)9(10)19/h3-20H,1-2H2/t3-,4-,5-,6+,7+,8-,9-,10+,11?,12-/m1/s1. The topological polar surface area (TPSA) is 190 Å². The van der Waals surface area contributed by atoms with E-state index in [0.29, 0.717) is 0 Å². The minimum absolute atomic E-state index is 0.667. The molecule has 10 atom stereocenters. The van der Waals surface area contributed by atoms with Gasteiger partial charge in [-0.15, -0.1) is 0 Å². The van der Waals surface area contributed by atoms with Crippen LogP contribution < -0.4 is 0 Å². The molecule has 23 heavy (non-hydrogen) atoms. The number of hydrogen-bond donors (Lipinski definition) is 8. The Morgan fingerprint density at radius 2 is 1.22 bits per heavy atom. The minimum Gasteiger partial charge on any atom is -0.394 e. The highest BCUT2D eigenvalue weighted by molar-refractivity contribution is 4.93. The van der Waals surface area contributed by atoms with Crippen LogP contribution in [0, 0.1) is 0 Å². The molecule has 0 bridgehead atoms. The second kappa shape index (κ2) is 7.63.